The second-order valence-electron chi connectivity index (χ2n) is 4.77. The van der Waals surface area contributed by atoms with Gasteiger partial charge in [-0.3, -0.25) is 0 Å². The molecular weight excluding hydrogens is 264 g/mol. The average Bonchev–Trinajstić information content (AvgIpc) is 2.44. The molecule has 0 rings (SSSR count). The van der Waals surface area contributed by atoms with Crippen molar-refractivity contribution in [1.82, 2.24) is 0 Å². The van der Waals surface area contributed by atoms with E-state index in [1.165, 1.54) is 0 Å². The predicted molar refractivity (Wildman–Crippen MR) is 77.9 cm³/mol. The molecule has 0 amide bonds. The van der Waals surface area contributed by atoms with Gasteiger partial charge in [-0.1, -0.05) is 0 Å². The van der Waals surface area contributed by atoms with E-state index >= 15 is 0 Å². The topological polar surface area (TPSA) is 77.4 Å². The van der Waals surface area contributed by atoms with Crippen molar-refractivity contribution in [2.24, 2.45) is 0 Å². The van der Waals surface area contributed by atoms with E-state index in [0.29, 0.717) is 13.2 Å². The molecule has 0 aromatic rings. The van der Waals surface area contributed by atoms with Gasteiger partial charge in [0.2, 0.25) is 0 Å². The zero-order valence-corrected chi connectivity index (χ0v) is 13.7. The number of hydrogen-bond donors (Lipinski definition) is 2. The lowest BCUT2D eigenvalue weighted by molar-refractivity contribution is -0.0502. The van der Waals surface area contributed by atoms with Crippen molar-refractivity contribution in [2.75, 3.05) is 40.6 Å². The molecule has 0 aromatic carbocycles. The highest BCUT2D eigenvalue weighted by molar-refractivity contribution is 4.52. The highest BCUT2D eigenvalue weighted by Gasteiger charge is 2.06. The van der Waals surface area contributed by atoms with Crippen molar-refractivity contribution >= 4 is 0 Å². The monoisotopic (exact) mass is 296 g/mol. The maximum absolute atomic E-state index is 8.59. The first kappa shape index (κ1) is 22.0. The molecular formula is C14H32O6. The molecule has 2 N–H and O–H groups in total. The number of aliphatic hydroxyl groups is 2. The van der Waals surface area contributed by atoms with Crippen molar-refractivity contribution < 1.29 is 29.2 Å². The maximum atomic E-state index is 8.59. The summed E-state index contributed by atoms with van der Waals surface area (Å²) in [5.41, 5.74) is 0. The van der Waals surface area contributed by atoms with Crippen LogP contribution in [-0.2, 0) is 18.9 Å². The van der Waals surface area contributed by atoms with E-state index in [-0.39, 0.29) is 37.6 Å². The molecule has 124 valence electrons. The van der Waals surface area contributed by atoms with E-state index in [4.69, 9.17) is 29.2 Å². The molecule has 0 saturated heterocycles. The fourth-order valence-electron chi connectivity index (χ4n) is 1.13. The van der Waals surface area contributed by atoms with E-state index in [1.54, 1.807) is 14.2 Å². The van der Waals surface area contributed by atoms with Crippen LogP contribution in [0.1, 0.15) is 27.7 Å². The minimum absolute atomic E-state index is 0.0622. The molecule has 0 bridgehead atoms. The van der Waals surface area contributed by atoms with Crippen molar-refractivity contribution in [1.29, 1.82) is 0 Å². The van der Waals surface area contributed by atoms with Crippen LogP contribution in [0.15, 0.2) is 0 Å². The van der Waals surface area contributed by atoms with E-state index in [9.17, 15) is 0 Å². The third kappa shape index (κ3) is 15.8. The minimum atomic E-state index is -0.0925. The van der Waals surface area contributed by atoms with Crippen LogP contribution in [0, 0.1) is 0 Å². The summed E-state index contributed by atoms with van der Waals surface area (Å²) >= 11 is 0. The van der Waals surface area contributed by atoms with Crippen molar-refractivity contribution in [3.63, 3.8) is 0 Å². The lowest BCUT2D eigenvalue weighted by Crippen LogP contribution is -2.23. The SMILES string of the molecule is COC(C)COC(C)CO.COCC(C)OC(C)CO. The molecule has 6 heteroatoms. The second-order valence-corrected chi connectivity index (χ2v) is 4.77. The van der Waals surface area contributed by atoms with Gasteiger partial charge in [-0.25, -0.2) is 0 Å². The fourth-order valence-corrected chi connectivity index (χ4v) is 1.13. The van der Waals surface area contributed by atoms with Crippen LogP contribution in [-0.4, -0.2) is 75.3 Å². The number of hydrogen-bond acceptors (Lipinski definition) is 6. The van der Waals surface area contributed by atoms with Gasteiger partial charge in [-0.15, -0.1) is 0 Å². The molecule has 0 aliphatic carbocycles. The molecule has 4 atom stereocenters. The van der Waals surface area contributed by atoms with E-state index in [1.807, 2.05) is 27.7 Å². The quantitative estimate of drug-likeness (QED) is 0.622. The minimum Gasteiger partial charge on any atom is -0.394 e. The molecule has 0 saturated carbocycles. The zero-order chi connectivity index (χ0) is 16.0. The number of methoxy groups -OCH3 is 2. The van der Waals surface area contributed by atoms with E-state index in [2.05, 4.69) is 0 Å². The first-order valence-corrected chi connectivity index (χ1v) is 6.91. The molecule has 4 unspecified atom stereocenters. The van der Waals surface area contributed by atoms with E-state index in [0.717, 1.165) is 0 Å². The van der Waals surface area contributed by atoms with Crippen LogP contribution in [0.25, 0.3) is 0 Å². The first-order valence-electron chi connectivity index (χ1n) is 6.91. The van der Waals surface area contributed by atoms with Gasteiger partial charge >= 0.3 is 0 Å². The molecule has 0 heterocycles. The van der Waals surface area contributed by atoms with Crippen LogP contribution >= 0.6 is 0 Å². The Kier molecular flexibility index (Phi) is 16.7. The normalized spacial score (nSPS) is 16.8. The Hall–Kier alpha value is -0.240. The summed E-state index contributed by atoms with van der Waals surface area (Å²) in [6, 6.07) is 0. The fraction of sp³-hybridized carbons (Fsp3) is 1.00. The summed E-state index contributed by atoms with van der Waals surface area (Å²) in [6.45, 7) is 8.72. The summed E-state index contributed by atoms with van der Waals surface area (Å²) in [6.07, 6.45) is -0.0103. The Labute approximate surface area is 123 Å². The third-order valence-corrected chi connectivity index (χ3v) is 2.40. The predicted octanol–water partition coefficient (Wildman–Crippen LogP) is 0.837. The van der Waals surface area contributed by atoms with Gasteiger partial charge in [0, 0.05) is 14.2 Å². The Morgan fingerprint density at radius 2 is 1.30 bits per heavy atom. The Morgan fingerprint density at radius 3 is 1.70 bits per heavy atom. The summed E-state index contributed by atoms with van der Waals surface area (Å²) in [5, 5.41) is 17.1. The Morgan fingerprint density at radius 1 is 0.750 bits per heavy atom. The molecule has 6 nitrogen and oxygen atoms in total. The molecule has 20 heavy (non-hydrogen) atoms. The number of rotatable bonds is 10. The number of aliphatic hydroxyl groups excluding tert-OH is 2. The van der Waals surface area contributed by atoms with Gasteiger partial charge in [-0.05, 0) is 27.7 Å². The summed E-state index contributed by atoms with van der Waals surface area (Å²) in [5.74, 6) is 0. The molecule has 0 radical (unpaired) electrons. The van der Waals surface area contributed by atoms with Gasteiger partial charge in [0.15, 0.2) is 0 Å². The third-order valence-electron chi connectivity index (χ3n) is 2.40. The second kappa shape index (κ2) is 15.2. The van der Waals surface area contributed by atoms with Crippen LogP contribution < -0.4 is 0 Å². The molecule has 0 fully saturated rings. The molecule has 0 aliphatic rings. The largest absolute Gasteiger partial charge is 0.394 e. The number of ether oxygens (including phenoxy) is 4. The van der Waals surface area contributed by atoms with Gasteiger partial charge < -0.3 is 29.2 Å². The van der Waals surface area contributed by atoms with Crippen LogP contribution in [0.5, 0.6) is 0 Å². The van der Waals surface area contributed by atoms with Crippen molar-refractivity contribution in [3.05, 3.63) is 0 Å². The zero-order valence-electron chi connectivity index (χ0n) is 13.7. The van der Waals surface area contributed by atoms with E-state index < -0.39 is 0 Å². The van der Waals surface area contributed by atoms with Gasteiger partial charge in [0.25, 0.3) is 0 Å². The van der Waals surface area contributed by atoms with Crippen molar-refractivity contribution in [2.45, 2.75) is 52.1 Å². The molecule has 0 aromatic heterocycles. The van der Waals surface area contributed by atoms with Gasteiger partial charge in [-0.2, -0.15) is 0 Å². The Bertz CT molecular complexity index is 181. The van der Waals surface area contributed by atoms with Gasteiger partial charge in [0.1, 0.15) is 0 Å². The lowest BCUT2D eigenvalue weighted by atomic mass is 10.4. The summed E-state index contributed by atoms with van der Waals surface area (Å²) in [7, 11) is 3.26. The van der Waals surface area contributed by atoms with Crippen LogP contribution in [0.3, 0.4) is 0 Å². The maximum Gasteiger partial charge on any atom is 0.0785 e. The Balaban J connectivity index is 0. The smallest absolute Gasteiger partial charge is 0.0785 e. The average molecular weight is 296 g/mol. The standard InChI is InChI=1S/2C7H16O3/c1-6(4-8)10-5-7(2)9-3;1-6(4-8)10-7(2)5-9-3/h2*6-8H,4-5H2,1-3H3. The van der Waals surface area contributed by atoms with Crippen molar-refractivity contribution in [3.8, 4) is 0 Å². The van der Waals surface area contributed by atoms with Crippen LogP contribution in [0.4, 0.5) is 0 Å². The molecule has 0 spiro atoms. The molecule has 0 aliphatic heterocycles. The highest BCUT2D eigenvalue weighted by Crippen LogP contribution is 1.96. The van der Waals surface area contributed by atoms with Crippen LogP contribution in [0.2, 0.25) is 0 Å². The summed E-state index contributed by atoms with van der Waals surface area (Å²) in [4.78, 5) is 0. The lowest BCUT2D eigenvalue weighted by Gasteiger charge is -2.16. The first-order chi connectivity index (χ1) is 9.40. The summed E-state index contributed by atoms with van der Waals surface area (Å²) < 4.78 is 20.2. The van der Waals surface area contributed by atoms with Gasteiger partial charge in [0.05, 0.1) is 50.8 Å². The highest BCUT2D eigenvalue weighted by atomic mass is 16.5.